The fourth-order valence-electron chi connectivity index (χ4n) is 0.994. The summed E-state index contributed by atoms with van der Waals surface area (Å²) >= 11 is 0. The lowest BCUT2D eigenvalue weighted by atomic mass is 10.1. The summed E-state index contributed by atoms with van der Waals surface area (Å²) in [6, 6.07) is 0. The molecule has 0 heterocycles. The molecular formula is C12H20. The highest BCUT2D eigenvalue weighted by Gasteiger charge is 1.92. The van der Waals surface area contributed by atoms with E-state index in [0.717, 1.165) is 6.42 Å². The summed E-state index contributed by atoms with van der Waals surface area (Å²) in [6.07, 6.45) is 11.8. The van der Waals surface area contributed by atoms with Crippen LogP contribution in [-0.2, 0) is 0 Å². The van der Waals surface area contributed by atoms with Crippen molar-refractivity contribution in [3.8, 4) is 0 Å². The SMILES string of the molecule is C=CC(C)C=CCC(C)C=CC. The Kier molecular flexibility index (Phi) is 6.45. The summed E-state index contributed by atoms with van der Waals surface area (Å²) in [5, 5.41) is 0. The Bertz CT molecular complexity index is 163. The maximum Gasteiger partial charge on any atom is -0.00846 e. The van der Waals surface area contributed by atoms with Gasteiger partial charge in [-0.25, -0.2) is 0 Å². The van der Waals surface area contributed by atoms with E-state index in [2.05, 4.69) is 51.7 Å². The Balaban J connectivity index is 3.66. The van der Waals surface area contributed by atoms with Crippen molar-refractivity contribution in [2.75, 3.05) is 0 Å². The first kappa shape index (κ1) is 11.2. The van der Waals surface area contributed by atoms with E-state index in [4.69, 9.17) is 0 Å². The normalized spacial score (nSPS) is 16.9. The van der Waals surface area contributed by atoms with Crippen LogP contribution < -0.4 is 0 Å². The van der Waals surface area contributed by atoms with E-state index in [0.29, 0.717) is 11.8 Å². The molecule has 0 aliphatic rings. The largest absolute Gasteiger partial charge is 0.102 e. The van der Waals surface area contributed by atoms with Gasteiger partial charge >= 0.3 is 0 Å². The maximum atomic E-state index is 3.73. The van der Waals surface area contributed by atoms with Crippen LogP contribution in [0.5, 0.6) is 0 Å². The van der Waals surface area contributed by atoms with E-state index in [9.17, 15) is 0 Å². The fraction of sp³-hybridized carbons (Fsp3) is 0.500. The molecule has 0 aliphatic heterocycles. The monoisotopic (exact) mass is 164 g/mol. The van der Waals surface area contributed by atoms with Crippen LogP contribution in [0.1, 0.15) is 27.2 Å². The average molecular weight is 164 g/mol. The molecule has 0 aromatic rings. The summed E-state index contributed by atoms with van der Waals surface area (Å²) in [5.74, 6) is 1.16. The van der Waals surface area contributed by atoms with Crippen molar-refractivity contribution < 1.29 is 0 Å². The van der Waals surface area contributed by atoms with Gasteiger partial charge in [-0.1, -0.05) is 44.2 Å². The summed E-state index contributed by atoms with van der Waals surface area (Å²) < 4.78 is 0. The Morgan fingerprint density at radius 3 is 2.42 bits per heavy atom. The minimum atomic E-state index is 0.503. The van der Waals surface area contributed by atoms with Crippen molar-refractivity contribution in [2.45, 2.75) is 27.2 Å². The second-order valence-corrected chi connectivity index (χ2v) is 3.26. The van der Waals surface area contributed by atoms with Gasteiger partial charge < -0.3 is 0 Å². The molecule has 0 spiro atoms. The molecule has 2 unspecified atom stereocenters. The molecule has 0 aromatic carbocycles. The van der Waals surface area contributed by atoms with Gasteiger partial charge in [0, 0.05) is 0 Å². The molecule has 0 saturated heterocycles. The zero-order valence-electron chi connectivity index (χ0n) is 8.46. The highest BCUT2D eigenvalue weighted by molar-refractivity contribution is 4.97. The van der Waals surface area contributed by atoms with E-state index < -0.39 is 0 Å². The second kappa shape index (κ2) is 6.90. The summed E-state index contributed by atoms with van der Waals surface area (Å²) in [4.78, 5) is 0. The molecule has 0 saturated carbocycles. The maximum absolute atomic E-state index is 3.73. The van der Waals surface area contributed by atoms with Crippen LogP contribution in [0.3, 0.4) is 0 Å². The van der Waals surface area contributed by atoms with E-state index in [-0.39, 0.29) is 0 Å². The van der Waals surface area contributed by atoms with E-state index in [1.165, 1.54) is 0 Å². The van der Waals surface area contributed by atoms with Crippen LogP contribution >= 0.6 is 0 Å². The first-order chi connectivity index (χ1) is 5.70. The van der Waals surface area contributed by atoms with Crippen LogP contribution in [0.4, 0.5) is 0 Å². The van der Waals surface area contributed by atoms with Gasteiger partial charge in [-0.2, -0.15) is 0 Å². The first-order valence-corrected chi connectivity index (χ1v) is 4.62. The lowest BCUT2D eigenvalue weighted by Crippen LogP contribution is -1.87. The van der Waals surface area contributed by atoms with Gasteiger partial charge in [0.15, 0.2) is 0 Å². The van der Waals surface area contributed by atoms with E-state index in [1.807, 2.05) is 6.08 Å². The van der Waals surface area contributed by atoms with Crippen molar-refractivity contribution in [3.05, 3.63) is 37.0 Å². The van der Waals surface area contributed by atoms with Crippen LogP contribution in [-0.4, -0.2) is 0 Å². The van der Waals surface area contributed by atoms with Crippen LogP contribution in [0.2, 0.25) is 0 Å². The van der Waals surface area contributed by atoms with Gasteiger partial charge in [0.1, 0.15) is 0 Å². The Hall–Kier alpha value is -0.780. The predicted octanol–water partition coefficient (Wildman–Crippen LogP) is 3.97. The molecule has 0 nitrogen and oxygen atoms in total. The minimum Gasteiger partial charge on any atom is -0.102 e. The molecule has 0 fully saturated rings. The van der Waals surface area contributed by atoms with Gasteiger partial charge in [0.25, 0.3) is 0 Å². The van der Waals surface area contributed by atoms with Crippen LogP contribution in [0.15, 0.2) is 37.0 Å². The van der Waals surface area contributed by atoms with Gasteiger partial charge in [-0.15, -0.1) is 6.58 Å². The van der Waals surface area contributed by atoms with Crippen LogP contribution in [0, 0.1) is 11.8 Å². The van der Waals surface area contributed by atoms with Gasteiger partial charge in [0.05, 0.1) is 0 Å². The first-order valence-electron chi connectivity index (χ1n) is 4.62. The Morgan fingerprint density at radius 1 is 1.25 bits per heavy atom. The van der Waals surface area contributed by atoms with Gasteiger partial charge in [-0.3, -0.25) is 0 Å². The average Bonchev–Trinajstić information content (AvgIpc) is 2.04. The quantitative estimate of drug-likeness (QED) is 0.539. The third-order valence-corrected chi connectivity index (χ3v) is 1.84. The summed E-state index contributed by atoms with van der Waals surface area (Å²) in [5.41, 5.74) is 0. The lowest BCUT2D eigenvalue weighted by Gasteiger charge is -2.01. The molecule has 0 heteroatoms. The number of rotatable bonds is 5. The molecule has 68 valence electrons. The number of hydrogen-bond donors (Lipinski definition) is 0. The third-order valence-electron chi connectivity index (χ3n) is 1.84. The van der Waals surface area contributed by atoms with Crippen molar-refractivity contribution in [2.24, 2.45) is 11.8 Å². The zero-order valence-corrected chi connectivity index (χ0v) is 8.46. The van der Waals surface area contributed by atoms with E-state index in [1.54, 1.807) is 0 Å². The summed E-state index contributed by atoms with van der Waals surface area (Å²) in [7, 11) is 0. The molecule has 0 bridgehead atoms. The fourth-order valence-corrected chi connectivity index (χ4v) is 0.994. The molecule has 0 rings (SSSR count). The highest BCUT2D eigenvalue weighted by atomic mass is 14.0. The van der Waals surface area contributed by atoms with Crippen molar-refractivity contribution >= 4 is 0 Å². The highest BCUT2D eigenvalue weighted by Crippen LogP contribution is 2.06. The molecule has 0 radical (unpaired) electrons. The molecule has 0 N–H and O–H groups in total. The molecule has 0 aromatic heterocycles. The molecular weight excluding hydrogens is 144 g/mol. The standard InChI is InChI=1S/C12H20/c1-5-8-12(4)10-7-9-11(3)6-2/h5-9,11-12H,2,10H2,1,3-4H3. The van der Waals surface area contributed by atoms with Crippen molar-refractivity contribution in [1.29, 1.82) is 0 Å². The Morgan fingerprint density at radius 2 is 1.92 bits per heavy atom. The van der Waals surface area contributed by atoms with Gasteiger partial charge in [-0.05, 0) is 25.2 Å². The zero-order chi connectivity index (χ0) is 9.40. The van der Waals surface area contributed by atoms with E-state index >= 15 is 0 Å². The molecule has 2 atom stereocenters. The lowest BCUT2D eigenvalue weighted by molar-refractivity contribution is 0.738. The topological polar surface area (TPSA) is 0 Å². The smallest absolute Gasteiger partial charge is 0.00846 e. The second-order valence-electron chi connectivity index (χ2n) is 3.26. The predicted molar refractivity (Wildman–Crippen MR) is 57.1 cm³/mol. The number of allylic oxidation sites excluding steroid dienone is 5. The third kappa shape index (κ3) is 5.96. The Labute approximate surface area is 76.7 Å². The van der Waals surface area contributed by atoms with Crippen LogP contribution in [0.25, 0.3) is 0 Å². The molecule has 0 amide bonds. The molecule has 12 heavy (non-hydrogen) atoms. The van der Waals surface area contributed by atoms with Crippen molar-refractivity contribution in [1.82, 2.24) is 0 Å². The molecule has 0 aliphatic carbocycles. The summed E-state index contributed by atoms with van der Waals surface area (Å²) in [6.45, 7) is 10.2. The number of hydrogen-bond acceptors (Lipinski definition) is 0. The van der Waals surface area contributed by atoms with Gasteiger partial charge in [0.2, 0.25) is 0 Å². The van der Waals surface area contributed by atoms with Crippen molar-refractivity contribution in [3.63, 3.8) is 0 Å². The minimum absolute atomic E-state index is 0.503.